The average molecular weight is 683 g/mol. The Hall–Kier alpha value is -3.43. The number of aliphatic hydroxyl groups is 1. The highest BCUT2D eigenvalue weighted by atomic mass is 19.4. The minimum absolute atomic E-state index is 0.00619. The number of pyridine rings is 1. The van der Waals surface area contributed by atoms with E-state index in [1.54, 1.807) is 11.1 Å². The number of fused-ring (bicyclic) bond motifs is 1. The Morgan fingerprint density at radius 3 is 2.25 bits per heavy atom. The predicted octanol–water partition coefficient (Wildman–Crippen LogP) is 4.02. The third-order valence-corrected chi connectivity index (χ3v) is 10.4. The molecule has 1 aromatic heterocycles. The Morgan fingerprint density at radius 1 is 0.896 bits per heavy atom. The molecule has 9 nitrogen and oxygen atoms in total. The van der Waals surface area contributed by atoms with Gasteiger partial charge in [-0.05, 0) is 68.9 Å². The fourth-order valence-corrected chi connectivity index (χ4v) is 7.91. The minimum atomic E-state index is -4.57. The fourth-order valence-electron chi connectivity index (χ4n) is 7.91. The maximum absolute atomic E-state index is 13.1. The van der Waals surface area contributed by atoms with Gasteiger partial charge in [0, 0.05) is 63.0 Å². The number of amides is 2. The number of anilines is 1. The Balaban J connectivity index is 0.975. The van der Waals surface area contributed by atoms with Crippen LogP contribution in [0.25, 0.3) is 0 Å². The monoisotopic (exact) mass is 682 g/mol. The standard InChI is InChI=1S/C33H40F6N6O3/c34-32(35,36)21-42-14-16-43(17-15-42)25-4-5-28(40-19-25)31(48)10-6-24(7-11-31)44-12-8-27-26(44)9-13-45(27)29(46)20-41-30(47)22-2-1-3-23(18-22)33(37,38)39/h1-5,18-19,24,26-27,48H,6-17,20-21H2,(H,41,47)/t24?,26-,27-,31?/m0/s1. The van der Waals surface area contributed by atoms with Crippen molar-refractivity contribution in [2.45, 2.75) is 74.6 Å². The second-order valence-corrected chi connectivity index (χ2v) is 13.3. The zero-order chi connectivity index (χ0) is 34.3. The molecular weight excluding hydrogens is 642 g/mol. The third-order valence-electron chi connectivity index (χ3n) is 10.4. The SMILES string of the molecule is O=C(NCC(=O)N1CC[C@H]2[C@@H]1CCN2C1CCC(O)(c2ccc(N3CCN(CC(F)(F)F)CC3)cn2)CC1)c1cccc(C(F)(F)F)c1. The number of carbonyl (C=O) groups excluding carboxylic acids is 2. The average Bonchev–Trinajstić information content (AvgIpc) is 3.66. The van der Waals surface area contributed by atoms with E-state index in [1.165, 1.54) is 11.0 Å². The molecule has 3 saturated heterocycles. The van der Waals surface area contributed by atoms with Crippen LogP contribution in [-0.2, 0) is 16.6 Å². The molecule has 2 amide bonds. The first-order valence-electron chi connectivity index (χ1n) is 16.4. The molecule has 1 saturated carbocycles. The smallest absolute Gasteiger partial charge is 0.384 e. The van der Waals surface area contributed by atoms with Crippen LogP contribution in [0.1, 0.15) is 60.1 Å². The summed E-state index contributed by atoms with van der Waals surface area (Å²) in [5.41, 5.74) is -0.753. The van der Waals surface area contributed by atoms with Crippen LogP contribution in [0.15, 0.2) is 42.6 Å². The van der Waals surface area contributed by atoms with E-state index in [1.807, 2.05) is 17.0 Å². The summed E-state index contributed by atoms with van der Waals surface area (Å²) >= 11 is 0. The van der Waals surface area contributed by atoms with Gasteiger partial charge in [0.25, 0.3) is 5.91 Å². The molecule has 1 aromatic carbocycles. The van der Waals surface area contributed by atoms with Gasteiger partial charge in [-0.1, -0.05) is 6.07 Å². The largest absolute Gasteiger partial charge is 0.416 e. The van der Waals surface area contributed by atoms with Crippen molar-refractivity contribution in [3.05, 3.63) is 59.4 Å². The van der Waals surface area contributed by atoms with E-state index in [-0.39, 0.29) is 36.1 Å². The normalized spacial score (nSPS) is 27.3. The molecule has 4 fully saturated rings. The lowest BCUT2D eigenvalue weighted by atomic mass is 9.79. The molecule has 0 spiro atoms. The molecule has 6 rings (SSSR count). The van der Waals surface area contributed by atoms with Crippen LogP contribution in [0.5, 0.6) is 0 Å². The summed E-state index contributed by atoms with van der Waals surface area (Å²) in [5.74, 6) is -1.000. The van der Waals surface area contributed by atoms with Gasteiger partial charge < -0.3 is 20.2 Å². The third kappa shape index (κ3) is 7.57. The quantitative estimate of drug-likeness (QED) is 0.427. The molecule has 4 heterocycles. The Kier molecular flexibility index (Phi) is 9.66. The number of nitrogens with zero attached hydrogens (tertiary/aromatic N) is 5. The fraction of sp³-hybridized carbons (Fsp3) is 0.606. The van der Waals surface area contributed by atoms with Crippen LogP contribution in [-0.4, -0.2) is 113 Å². The first-order valence-corrected chi connectivity index (χ1v) is 16.4. The molecule has 3 aliphatic heterocycles. The molecule has 2 aromatic rings. The van der Waals surface area contributed by atoms with Crippen molar-refractivity contribution in [1.82, 2.24) is 25.0 Å². The van der Waals surface area contributed by atoms with Crippen molar-refractivity contribution in [1.29, 1.82) is 0 Å². The number of likely N-dealkylation sites (tertiary alicyclic amines) is 2. The molecule has 262 valence electrons. The summed E-state index contributed by atoms with van der Waals surface area (Å²) in [6, 6.07) is 8.19. The number of hydrogen-bond acceptors (Lipinski definition) is 7. The number of hydrogen-bond donors (Lipinski definition) is 2. The topological polar surface area (TPSA) is 92.2 Å². The van der Waals surface area contributed by atoms with Crippen LogP contribution in [0, 0.1) is 0 Å². The highest BCUT2D eigenvalue weighted by molar-refractivity contribution is 5.96. The molecule has 1 aliphatic carbocycles. The van der Waals surface area contributed by atoms with Gasteiger partial charge in [0.1, 0.15) is 5.60 Å². The Morgan fingerprint density at radius 2 is 1.60 bits per heavy atom. The second kappa shape index (κ2) is 13.5. The summed E-state index contributed by atoms with van der Waals surface area (Å²) in [6.45, 7) is 1.71. The summed E-state index contributed by atoms with van der Waals surface area (Å²) in [7, 11) is 0. The molecular formula is C33H40F6N6O3. The van der Waals surface area contributed by atoms with Gasteiger partial charge in [-0.3, -0.25) is 24.4 Å². The number of benzene rings is 1. The molecule has 0 bridgehead atoms. The van der Waals surface area contributed by atoms with Crippen molar-refractivity contribution in [2.24, 2.45) is 0 Å². The van der Waals surface area contributed by atoms with Crippen LogP contribution in [0.2, 0.25) is 0 Å². The molecule has 0 radical (unpaired) electrons. The lowest BCUT2D eigenvalue weighted by Crippen LogP contribution is -2.49. The number of rotatable bonds is 7. The van der Waals surface area contributed by atoms with Crippen LogP contribution in [0.3, 0.4) is 0 Å². The van der Waals surface area contributed by atoms with E-state index in [4.69, 9.17) is 0 Å². The highest BCUT2D eigenvalue weighted by Crippen LogP contribution is 2.42. The second-order valence-electron chi connectivity index (χ2n) is 13.3. The number of carbonyl (C=O) groups is 2. The zero-order valence-corrected chi connectivity index (χ0v) is 26.4. The molecule has 15 heteroatoms. The van der Waals surface area contributed by atoms with Gasteiger partial charge in [0.2, 0.25) is 5.91 Å². The van der Waals surface area contributed by atoms with Gasteiger partial charge in [-0.25, -0.2) is 0 Å². The number of piperazine rings is 1. The number of alkyl halides is 6. The Labute approximate surface area is 274 Å². The Bertz CT molecular complexity index is 1460. The molecule has 0 unspecified atom stereocenters. The first kappa shape index (κ1) is 34.4. The van der Waals surface area contributed by atoms with Crippen LogP contribution in [0.4, 0.5) is 32.0 Å². The summed E-state index contributed by atoms with van der Waals surface area (Å²) in [4.78, 5) is 37.8. The van der Waals surface area contributed by atoms with Gasteiger partial charge in [-0.2, -0.15) is 26.3 Å². The van der Waals surface area contributed by atoms with E-state index in [2.05, 4.69) is 15.2 Å². The van der Waals surface area contributed by atoms with Crippen molar-refractivity contribution in [3.8, 4) is 0 Å². The van der Waals surface area contributed by atoms with Crippen molar-refractivity contribution >= 4 is 17.5 Å². The van der Waals surface area contributed by atoms with E-state index in [0.717, 1.165) is 56.1 Å². The summed E-state index contributed by atoms with van der Waals surface area (Å²) in [5, 5.41) is 14.0. The molecule has 4 aliphatic rings. The van der Waals surface area contributed by atoms with E-state index in [9.17, 15) is 41.0 Å². The minimum Gasteiger partial charge on any atom is -0.384 e. The number of halogens is 6. The van der Waals surface area contributed by atoms with Gasteiger partial charge in [0.05, 0.1) is 36.2 Å². The van der Waals surface area contributed by atoms with Crippen molar-refractivity contribution in [3.63, 3.8) is 0 Å². The predicted molar refractivity (Wildman–Crippen MR) is 164 cm³/mol. The van der Waals surface area contributed by atoms with Gasteiger partial charge >= 0.3 is 12.4 Å². The van der Waals surface area contributed by atoms with Crippen LogP contribution < -0.4 is 10.2 Å². The summed E-state index contributed by atoms with van der Waals surface area (Å²) in [6.07, 6.45) is -2.96. The first-order chi connectivity index (χ1) is 22.7. The van der Waals surface area contributed by atoms with E-state index < -0.39 is 36.0 Å². The van der Waals surface area contributed by atoms with Crippen molar-refractivity contribution < 1.29 is 41.0 Å². The number of nitrogens with one attached hydrogen (secondary N) is 1. The van der Waals surface area contributed by atoms with E-state index >= 15 is 0 Å². The maximum atomic E-state index is 13.1. The highest BCUT2D eigenvalue weighted by Gasteiger charge is 2.48. The maximum Gasteiger partial charge on any atom is 0.416 e. The zero-order valence-electron chi connectivity index (χ0n) is 26.4. The molecule has 48 heavy (non-hydrogen) atoms. The number of aromatic nitrogens is 1. The van der Waals surface area contributed by atoms with Gasteiger partial charge in [0.15, 0.2) is 0 Å². The lowest BCUT2D eigenvalue weighted by molar-refractivity contribution is -0.146. The summed E-state index contributed by atoms with van der Waals surface area (Å²) < 4.78 is 77.3. The molecule has 2 N–H and O–H groups in total. The van der Waals surface area contributed by atoms with E-state index in [0.29, 0.717) is 51.3 Å². The van der Waals surface area contributed by atoms with Crippen molar-refractivity contribution in [2.75, 3.05) is 57.3 Å². The van der Waals surface area contributed by atoms with Crippen LogP contribution >= 0.6 is 0 Å². The lowest BCUT2D eigenvalue weighted by Gasteiger charge is -2.41. The molecule has 2 atom stereocenters. The van der Waals surface area contributed by atoms with Gasteiger partial charge in [-0.15, -0.1) is 0 Å².